The Morgan fingerprint density at radius 2 is 2.00 bits per heavy atom. The zero-order chi connectivity index (χ0) is 12.8. The Kier molecular flexibility index (Phi) is 5.04. The number of piperazine rings is 1. The van der Waals surface area contributed by atoms with Crippen LogP contribution in [0.15, 0.2) is 0 Å². The van der Waals surface area contributed by atoms with Crippen molar-refractivity contribution in [1.82, 2.24) is 10.2 Å². The second kappa shape index (κ2) is 6.55. The summed E-state index contributed by atoms with van der Waals surface area (Å²) in [6.07, 6.45) is 2.57. The molecule has 102 valence electrons. The van der Waals surface area contributed by atoms with Crippen LogP contribution in [0.1, 0.15) is 19.3 Å². The van der Waals surface area contributed by atoms with Crippen LogP contribution < -0.4 is 5.32 Å². The molecule has 0 aromatic rings. The molecule has 0 aromatic carbocycles. The van der Waals surface area contributed by atoms with Gasteiger partial charge >= 0.3 is 0 Å². The largest absolute Gasteiger partial charge is 0.314 e. The highest BCUT2D eigenvalue weighted by Gasteiger charge is 2.23. The van der Waals surface area contributed by atoms with Crippen LogP contribution in [0.2, 0.25) is 0 Å². The normalized spacial score (nSPS) is 28.3. The fraction of sp³-hybridized carbons (Fsp3) is 0.846. The standard InChI is InChI=1S/C13H22N2O2S/c16-18(17)11-3-5-13(12-18)4-1-2-8-15-9-6-14-7-10-15/h13-14H,3-12H2. The predicted octanol–water partition coefficient (Wildman–Crippen LogP) is 0.110. The SMILES string of the molecule is O=S1(=O)CCCC(CC#CCN2CCNCC2)C1. The summed E-state index contributed by atoms with van der Waals surface area (Å²) in [6, 6.07) is 0. The third-order valence-corrected chi connectivity index (χ3v) is 5.48. The van der Waals surface area contributed by atoms with Crippen molar-refractivity contribution in [2.45, 2.75) is 19.3 Å². The van der Waals surface area contributed by atoms with Crippen LogP contribution in [0.25, 0.3) is 0 Å². The maximum Gasteiger partial charge on any atom is 0.150 e. The fourth-order valence-electron chi connectivity index (χ4n) is 2.53. The molecule has 0 saturated carbocycles. The van der Waals surface area contributed by atoms with Crippen molar-refractivity contribution < 1.29 is 8.42 Å². The molecule has 0 aromatic heterocycles. The first-order valence-corrected chi connectivity index (χ1v) is 8.57. The molecule has 2 saturated heterocycles. The van der Waals surface area contributed by atoms with Gasteiger partial charge in [0.25, 0.3) is 0 Å². The number of nitrogens with zero attached hydrogens (tertiary/aromatic N) is 1. The molecule has 2 heterocycles. The van der Waals surface area contributed by atoms with Gasteiger partial charge in [0.05, 0.1) is 18.1 Å². The molecule has 2 aliphatic rings. The van der Waals surface area contributed by atoms with Crippen LogP contribution in [0, 0.1) is 17.8 Å². The van der Waals surface area contributed by atoms with E-state index in [0.717, 1.165) is 52.0 Å². The zero-order valence-electron chi connectivity index (χ0n) is 10.8. The van der Waals surface area contributed by atoms with Crippen molar-refractivity contribution >= 4 is 9.84 Å². The van der Waals surface area contributed by atoms with E-state index in [2.05, 4.69) is 22.1 Å². The summed E-state index contributed by atoms with van der Waals surface area (Å²) >= 11 is 0. The topological polar surface area (TPSA) is 49.4 Å². The summed E-state index contributed by atoms with van der Waals surface area (Å²) in [4.78, 5) is 2.33. The first kappa shape index (κ1) is 13.9. The minimum atomic E-state index is -2.78. The number of rotatable bonds is 2. The van der Waals surface area contributed by atoms with Gasteiger partial charge < -0.3 is 5.32 Å². The van der Waals surface area contributed by atoms with Crippen LogP contribution in [-0.4, -0.2) is 57.5 Å². The first-order chi connectivity index (χ1) is 8.66. The van der Waals surface area contributed by atoms with Gasteiger partial charge in [0.1, 0.15) is 0 Å². The predicted molar refractivity (Wildman–Crippen MR) is 73.1 cm³/mol. The van der Waals surface area contributed by atoms with Gasteiger partial charge in [-0.2, -0.15) is 0 Å². The molecule has 1 unspecified atom stereocenters. The van der Waals surface area contributed by atoms with E-state index in [1.165, 1.54) is 0 Å². The van der Waals surface area contributed by atoms with E-state index < -0.39 is 9.84 Å². The minimum Gasteiger partial charge on any atom is -0.314 e. The highest BCUT2D eigenvalue weighted by atomic mass is 32.2. The third kappa shape index (κ3) is 4.60. The Labute approximate surface area is 110 Å². The van der Waals surface area contributed by atoms with Crippen LogP contribution in [0.5, 0.6) is 0 Å². The molecule has 0 aliphatic carbocycles. The van der Waals surface area contributed by atoms with Gasteiger partial charge in [-0.3, -0.25) is 4.90 Å². The van der Waals surface area contributed by atoms with Gasteiger partial charge in [-0.1, -0.05) is 5.92 Å². The van der Waals surface area contributed by atoms with E-state index in [-0.39, 0.29) is 5.92 Å². The highest BCUT2D eigenvalue weighted by Crippen LogP contribution is 2.20. The van der Waals surface area contributed by atoms with Crippen molar-refractivity contribution in [2.75, 3.05) is 44.2 Å². The maximum atomic E-state index is 11.5. The summed E-state index contributed by atoms with van der Waals surface area (Å²) in [7, 11) is -2.78. The molecule has 1 atom stereocenters. The number of hydrogen-bond acceptors (Lipinski definition) is 4. The van der Waals surface area contributed by atoms with Gasteiger partial charge in [-0.15, -0.1) is 5.92 Å². The molecule has 2 fully saturated rings. The van der Waals surface area contributed by atoms with Crippen molar-refractivity contribution in [3.05, 3.63) is 0 Å². The Bertz CT molecular complexity index is 416. The fourth-order valence-corrected chi connectivity index (χ4v) is 4.31. The Morgan fingerprint density at radius 1 is 1.22 bits per heavy atom. The quantitative estimate of drug-likeness (QED) is 0.724. The molecule has 2 rings (SSSR count). The molecule has 4 nitrogen and oxygen atoms in total. The Hall–Kier alpha value is -0.570. The lowest BCUT2D eigenvalue weighted by atomic mass is 10.0. The van der Waals surface area contributed by atoms with Gasteiger partial charge in [-0.05, 0) is 18.8 Å². The first-order valence-electron chi connectivity index (χ1n) is 6.75. The second-order valence-electron chi connectivity index (χ2n) is 5.21. The van der Waals surface area contributed by atoms with E-state index in [0.29, 0.717) is 11.5 Å². The zero-order valence-corrected chi connectivity index (χ0v) is 11.6. The van der Waals surface area contributed by atoms with Gasteiger partial charge in [0.2, 0.25) is 0 Å². The van der Waals surface area contributed by atoms with Crippen LogP contribution in [0.3, 0.4) is 0 Å². The molecule has 0 bridgehead atoms. The van der Waals surface area contributed by atoms with Crippen molar-refractivity contribution in [3.8, 4) is 11.8 Å². The van der Waals surface area contributed by atoms with Crippen LogP contribution >= 0.6 is 0 Å². The Balaban J connectivity index is 1.71. The molecule has 0 spiro atoms. The van der Waals surface area contributed by atoms with Crippen LogP contribution in [0.4, 0.5) is 0 Å². The monoisotopic (exact) mass is 270 g/mol. The smallest absolute Gasteiger partial charge is 0.150 e. The molecular formula is C13H22N2O2S. The summed E-state index contributed by atoms with van der Waals surface area (Å²) in [5.41, 5.74) is 0. The van der Waals surface area contributed by atoms with E-state index in [1.54, 1.807) is 0 Å². The number of nitrogens with one attached hydrogen (secondary N) is 1. The molecule has 2 aliphatic heterocycles. The van der Waals surface area contributed by atoms with Crippen LogP contribution in [-0.2, 0) is 9.84 Å². The molecule has 0 amide bonds. The molecule has 0 radical (unpaired) electrons. The highest BCUT2D eigenvalue weighted by molar-refractivity contribution is 7.91. The van der Waals surface area contributed by atoms with Gasteiger partial charge in [-0.25, -0.2) is 8.42 Å². The number of hydrogen-bond donors (Lipinski definition) is 1. The summed E-state index contributed by atoms with van der Waals surface area (Å²) < 4.78 is 23.0. The molecule has 5 heteroatoms. The van der Waals surface area contributed by atoms with Gasteiger partial charge in [0.15, 0.2) is 9.84 Å². The second-order valence-corrected chi connectivity index (χ2v) is 7.44. The minimum absolute atomic E-state index is 0.263. The van der Waals surface area contributed by atoms with E-state index >= 15 is 0 Å². The Morgan fingerprint density at radius 3 is 2.72 bits per heavy atom. The average molecular weight is 270 g/mol. The van der Waals surface area contributed by atoms with E-state index in [1.807, 2.05) is 0 Å². The molecule has 18 heavy (non-hydrogen) atoms. The lowest BCUT2D eigenvalue weighted by Crippen LogP contribution is -2.43. The van der Waals surface area contributed by atoms with Crippen molar-refractivity contribution in [1.29, 1.82) is 0 Å². The van der Waals surface area contributed by atoms with Crippen molar-refractivity contribution in [3.63, 3.8) is 0 Å². The summed E-state index contributed by atoms with van der Waals surface area (Å²) in [6.45, 7) is 5.03. The lowest BCUT2D eigenvalue weighted by molar-refractivity contribution is 0.268. The summed E-state index contributed by atoms with van der Waals surface area (Å²) in [5.74, 6) is 7.33. The van der Waals surface area contributed by atoms with E-state index in [4.69, 9.17) is 0 Å². The van der Waals surface area contributed by atoms with Crippen molar-refractivity contribution in [2.24, 2.45) is 5.92 Å². The summed E-state index contributed by atoms with van der Waals surface area (Å²) in [5, 5.41) is 3.31. The molecule has 1 N–H and O–H groups in total. The number of sulfone groups is 1. The third-order valence-electron chi connectivity index (χ3n) is 3.59. The molecular weight excluding hydrogens is 248 g/mol. The van der Waals surface area contributed by atoms with Gasteiger partial charge in [0, 0.05) is 32.6 Å². The lowest BCUT2D eigenvalue weighted by Gasteiger charge is -2.24. The average Bonchev–Trinajstić information content (AvgIpc) is 2.35. The van der Waals surface area contributed by atoms with E-state index in [9.17, 15) is 8.42 Å². The maximum absolute atomic E-state index is 11.5.